The molecule has 0 aliphatic heterocycles. The number of nitrogen functional groups attached to an aromatic ring is 1. The minimum Gasteiger partial charge on any atom is -0.494 e. The molecule has 3 nitrogen and oxygen atoms in total. The summed E-state index contributed by atoms with van der Waals surface area (Å²) in [7, 11) is 0. The predicted molar refractivity (Wildman–Crippen MR) is 74.8 cm³/mol. The molecule has 0 saturated carbocycles. The lowest BCUT2D eigenvalue weighted by Crippen LogP contribution is -2.31. The lowest BCUT2D eigenvalue weighted by Gasteiger charge is -2.29. The zero-order valence-corrected chi connectivity index (χ0v) is 11.4. The largest absolute Gasteiger partial charge is 0.494 e. The van der Waals surface area contributed by atoms with Gasteiger partial charge in [-0.25, -0.2) is 0 Å². The van der Waals surface area contributed by atoms with E-state index in [0.717, 1.165) is 30.1 Å². The summed E-state index contributed by atoms with van der Waals surface area (Å²) in [4.78, 5) is 2.35. The zero-order valence-electron chi connectivity index (χ0n) is 11.4. The summed E-state index contributed by atoms with van der Waals surface area (Å²) < 4.78 is 5.53. The monoisotopic (exact) mass is 236 g/mol. The van der Waals surface area contributed by atoms with Crippen molar-refractivity contribution in [3.63, 3.8) is 0 Å². The average molecular weight is 236 g/mol. The van der Waals surface area contributed by atoms with Crippen molar-refractivity contribution in [1.29, 1.82) is 0 Å². The summed E-state index contributed by atoms with van der Waals surface area (Å²) in [5.41, 5.74) is 7.82. The Morgan fingerprint density at radius 3 is 2.47 bits per heavy atom. The maximum absolute atomic E-state index is 5.92. The number of nitrogens with two attached hydrogens (primary N) is 1. The molecular weight excluding hydrogens is 212 g/mol. The van der Waals surface area contributed by atoms with Crippen molar-refractivity contribution in [1.82, 2.24) is 0 Å². The van der Waals surface area contributed by atoms with Crippen LogP contribution in [0.25, 0.3) is 0 Å². The summed E-state index contributed by atoms with van der Waals surface area (Å²) >= 11 is 0. The van der Waals surface area contributed by atoms with Gasteiger partial charge in [-0.3, -0.25) is 0 Å². The van der Waals surface area contributed by atoms with Crippen molar-refractivity contribution in [2.45, 2.75) is 40.2 Å². The van der Waals surface area contributed by atoms with Gasteiger partial charge in [0.1, 0.15) is 5.75 Å². The van der Waals surface area contributed by atoms with Crippen LogP contribution >= 0.6 is 0 Å². The average Bonchev–Trinajstić information content (AvgIpc) is 2.25. The van der Waals surface area contributed by atoms with Gasteiger partial charge in [0.2, 0.25) is 0 Å². The fourth-order valence-electron chi connectivity index (χ4n) is 1.95. The zero-order chi connectivity index (χ0) is 12.8. The molecule has 0 aliphatic carbocycles. The lowest BCUT2D eigenvalue weighted by molar-refractivity contribution is 0.340. The topological polar surface area (TPSA) is 38.5 Å². The number of ether oxygens (including phenoxy) is 1. The van der Waals surface area contributed by atoms with Crippen molar-refractivity contribution in [3.05, 3.63) is 18.2 Å². The van der Waals surface area contributed by atoms with E-state index in [1.54, 1.807) is 0 Å². The van der Waals surface area contributed by atoms with Crippen molar-refractivity contribution in [3.8, 4) is 5.75 Å². The van der Waals surface area contributed by atoms with Crippen molar-refractivity contribution in [2.24, 2.45) is 0 Å². The Balaban J connectivity index is 3.00. The molecule has 17 heavy (non-hydrogen) atoms. The summed E-state index contributed by atoms with van der Waals surface area (Å²) in [5.74, 6) is 0.851. The second-order valence-corrected chi connectivity index (χ2v) is 4.48. The van der Waals surface area contributed by atoms with Gasteiger partial charge in [-0.1, -0.05) is 6.92 Å². The third-order valence-corrected chi connectivity index (χ3v) is 2.64. The molecule has 0 spiro atoms. The summed E-state index contributed by atoms with van der Waals surface area (Å²) in [5, 5.41) is 0. The van der Waals surface area contributed by atoms with Crippen LogP contribution in [-0.2, 0) is 0 Å². The van der Waals surface area contributed by atoms with E-state index in [1.165, 1.54) is 0 Å². The third kappa shape index (κ3) is 3.84. The Morgan fingerprint density at radius 2 is 1.94 bits per heavy atom. The van der Waals surface area contributed by atoms with Crippen LogP contribution in [0.3, 0.4) is 0 Å². The van der Waals surface area contributed by atoms with Crippen molar-refractivity contribution < 1.29 is 4.74 Å². The molecule has 0 amide bonds. The van der Waals surface area contributed by atoms with Crippen molar-refractivity contribution in [2.75, 3.05) is 23.8 Å². The molecule has 0 fully saturated rings. The fourth-order valence-corrected chi connectivity index (χ4v) is 1.95. The molecule has 0 saturated heterocycles. The van der Waals surface area contributed by atoms with Gasteiger partial charge < -0.3 is 15.4 Å². The molecule has 3 heteroatoms. The van der Waals surface area contributed by atoms with E-state index in [9.17, 15) is 0 Å². The fraction of sp³-hybridized carbons (Fsp3) is 0.571. The van der Waals surface area contributed by atoms with Gasteiger partial charge in [-0.2, -0.15) is 0 Å². The maximum atomic E-state index is 5.92. The van der Waals surface area contributed by atoms with E-state index in [2.05, 4.69) is 31.7 Å². The van der Waals surface area contributed by atoms with Crippen LogP contribution in [0, 0.1) is 0 Å². The van der Waals surface area contributed by atoms with E-state index in [0.29, 0.717) is 12.6 Å². The second-order valence-electron chi connectivity index (χ2n) is 4.48. The lowest BCUT2D eigenvalue weighted by atomic mass is 10.2. The molecule has 96 valence electrons. The first-order valence-corrected chi connectivity index (χ1v) is 6.38. The van der Waals surface area contributed by atoms with Gasteiger partial charge in [-0.05, 0) is 33.3 Å². The van der Waals surface area contributed by atoms with Crippen LogP contribution in [0.15, 0.2) is 18.2 Å². The van der Waals surface area contributed by atoms with Crippen LogP contribution in [0.2, 0.25) is 0 Å². The van der Waals surface area contributed by atoms with Crippen LogP contribution in [0.4, 0.5) is 11.4 Å². The molecule has 1 rings (SSSR count). The van der Waals surface area contributed by atoms with Crippen LogP contribution < -0.4 is 15.4 Å². The number of rotatable bonds is 6. The summed E-state index contributed by atoms with van der Waals surface area (Å²) in [6.07, 6.45) is 1.12. The third-order valence-electron chi connectivity index (χ3n) is 2.64. The van der Waals surface area contributed by atoms with Crippen LogP contribution in [-0.4, -0.2) is 19.2 Å². The summed E-state index contributed by atoms with van der Waals surface area (Å²) in [6.45, 7) is 10.3. The number of hydrogen-bond donors (Lipinski definition) is 1. The highest BCUT2D eigenvalue weighted by atomic mass is 16.5. The number of benzene rings is 1. The van der Waals surface area contributed by atoms with Gasteiger partial charge >= 0.3 is 0 Å². The molecule has 0 unspecified atom stereocenters. The first kappa shape index (κ1) is 13.7. The number of hydrogen-bond acceptors (Lipinski definition) is 3. The van der Waals surface area contributed by atoms with E-state index < -0.39 is 0 Å². The predicted octanol–water partition coefficient (Wildman–Crippen LogP) is 3.29. The minimum absolute atomic E-state index is 0.464. The molecule has 0 aliphatic rings. The number of nitrogens with zero attached hydrogens (tertiary/aromatic N) is 1. The molecule has 1 aromatic rings. The van der Waals surface area contributed by atoms with Gasteiger partial charge in [0.05, 0.1) is 6.61 Å². The highest BCUT2D eigenvalue weighted by Gasteiger charge is 2.11. The molecule has 0 aromatic heterocycles. The highest BCUT2D eigenvalue weighted by molar-refractivity contribution is 5.61. The van der Waals surface area contributed by atoms with Gasteiger partial charge in [0.25, 0.3) is 0 Å². The van der Waals surface area contributed by atoms with E-state index in [1.807, 2.05) is 19.1 Å². The Kier molecular flexibility index (Phi) is 5.13. The summed E-state index contributed by atoms with van der Waals surface area (Å²) in [6, 6.07) is 6.41. The SMILES string of the molecule is CCCN(c1cc(N)cc(OCC)c1)C(C)C. The van der Waals surface area contributed by atoms with Gasteiger partial charge in [-0.15, -0.1) is 0 Å². The Morgan fingerprint density at radius 1 is 1.24 bits per heavy atom. The van der Waals surface area contributed by atoms with E-state index in [4.69, 9.17) is 10.5 Å². The smallest absolute Gasteiger partial charge is 0.123 e. The highest BCUT2D eigenvalue weighted by Crippen LogP contribution is 2.27. The standard InChI is InChI=1S/C14H24N2O/c1-5-7-16(11(3)4)13-8-12(15)9-14(10-13)17-6-2/h8-11H,5-7,15H2,1-4H3. The molecule has 0 atom stereocenters. The van der Waals surface area contributed by atoms with Crippen LogP contribution in [0.5, 0.6) is 5.75 Å². The number of anilines is 2. The normalized spacial score (nSPS) is 10.6. The molecular formula is C14H24N2O. The molecule has 0 bridgehead atoms. The first-order chi connectivity index (χ1) is 8.08. The second kappa shape index (κ2) is 6.38. The Hall–Kier alpha value is -1.38. The van der Waals surface area contributed by atoms with E-state index in [-0.39, 0.29) is 0 Å². The minimum atomic E-state index is 0.464. The molecule has 0 radical (unpaired) electrons. The Bertz CT molecular complexity index is 350. The quantitative estimate of drug-likeness (QED) is 0.770. The van der Waals surface area contributed by atoms with E-state index >= 15 is 0 Å². The van der Waals surface area contributed by atoms with Crippen LogP contribution in [0.1, 0.15) is 34.1 Å². The molecule has 2 N–H and O–H groups in total. The first-order valence-electron chi connectivity index (χ1n) is 6.38. The van der Waals surface area contributed by atoms with Crippen molar-refractivity contribution >= 4 is 11.4 Å². The Labute approximate surface area is 105 Å². The maximum Gasteiger partial charge on any atom is 0.123 e. The van der Waals surface area contributed by atoms with Gasteiger partial charge in [0, 0.05) is 36.1 Å². The molecule has 0 heterocycles. The van der Waals surface area contributed by atoms with Gasteiger partial charge in [0.15, 0.2) is 0 Å². The molecule has 1 aromatic carbocycles.